The number of benzene rings is 1. The second-order valence-electron chi connectivity index (χ2n) is 7.82. The van der Waals surface area contributed by atoms with Gasteiger partial charge in [0.05, 0.1) is 13.5 Å². The number of rotatable bonds is 5. The van der Waals surface area contributed by atoms with Gasteiger partial charge in [-0.3, -0.25) is 4.79 Å². The predicted molar refractivity (Wildman–Crippen MR) is 101 cm³/mol. The highest BCUT2D eigenvalue weighted by molar-refractivity contribution is 5.90. The van der Waals surface area contributed by atoms with Crippen molar-refractivity contribution in [2.45, 2.75) is 64.5 Å². The van der Waals surface area contributed by atoms with Gasteiger partial charge in [-0.1, -0.05) is 17.7 Å². The molecule has 1 heterocycles. The summed E-state index contributed by atoms with van der Waals surface area (Å²) in [5.74, 6) is -0.216. The lowest BCUT2D eigenvalue weighted by Gasteiger charge is -2.44. The molecule has 5 nitrogen and oxygen atoms in total. The van der Waals surface area contributed by atoms with Crippen molar-refractivity contribution >= 4 is 11.9 Å². The molecule has 26 heavy (non-hydrogen) atoms. The molecule has 1 aromatic carbocycles. The number of esters is 1. The topological polar surface area (TPSA) is 58.6 Å². The minimum absolute atomic E-state index is 0.0508. The summed E-state index contributed by atoms with van der Waals surface area (Å²) in [5.41, 5.74) is 3.76. The lowest BCUT2D eigenvalue weighted by atomic mass is 9.85. The number of hydrogen-bond acceptors (Lipinski definition) is 4. The molecule has 1 saturated carbocycles. The van der Waals surface area contributed by atoms with Crippen LogP contribution in [-0.4, -0.2) is 48.6 Å². The van der Waals surface area contributed by atoms with Gasteiger partial charge >= 0.3 is 5.97 Å². The maximum absolute atomic E-state index is 13.4. The van der Waals surface area contributed by atoms with Gasteiger partial charge in [0.15, 0.2) is 0 Å². The summed E-state index contributed by atoms with van der Waals surface area (Å²) in [6, 6.07) is 4.42. The van der Waals surface area contributed by atoms with Crippen LogP contribution in [0, 0.1) is 20.8 Å². The first kappa shape index (κ1) is 18.9. The first-order chi connectivity index (χ1) is 12.4. The van der Waals surface area contributed by atoms with E-state index in [-0.39, 0.29) is 17.9 Å². The Morgan fingerprint density at radius 2 is 1.73 bits per heavy atom. The SMILES string of the molecule is COC(=O)C1(N(C(=O)Cc2c(C)cc(C)cc2C)C2CC2)CCNCC1. The van der Waals surface area contributed by atoms with Crippen molar-refractivity contribution in [3.05, 3.63) is 34.4 Å². The van der Waals surface area contributed by atoms with Crippen LogP contribution in [0.15, 0.2) is 12.1 Å². The Kier molecular flexibility index (Phi) is 5.37. The Balaban J connectivity index is 1.92. The van der Waals surface area contributed by atoms with Crippen molar-refractivity contribution in [1.29, 1.82) is 0 Å². The van der Waals surface area contributed by atoms with Crippen LogP contribution in [0.3, 0.4) is 0 Å². The third kappa shape index (κ3) is 3.50. The van der Waals surface area contributed by atoms with Gasteiger partial charge in [0, 0.05) is 6.04 Å². The fraction of sp³-hybridized carbons (Fsp3) is 0.619. The second kappa shape index (κ2) is 7.39. The highest BCUT2D eigenvalue weighted by atomic mass is 16.5. The van der Waals surface area contributed by atoms with E-state index in [1.807, 2.05) is 4.90 Å². The summed E-state index contributed by atoms with van der Waals surface area (Å²) < 4.78 is 5.15. The number of methoxy groups -OCH3 is 1. The largest absolute Gasteiger partial charge is 0.467 e. The number of ether oxygens (including phenoxy) is 1. The summed E-state index contributed by atoms with van der Waals surface area (Å²) in [7, 11) is 1.43. The van der Waals surface area contributed by atoms with Crippen LogP contribution in [0.25, 0.3) is 0 Å². The Labute approximate surface area is 156 Å². The van der Waals surface area contributed by atoms with Gasteiger partial charge in [0.25, 0.3) is 0 Å². The molecule has 1 amide bonds. The summed E-state index contributed by atoms with van der Waals surface area (Å²) in [6.45, 7) is 7.65. The minimum atomic E-state index is -0.815. The van der Waals surface area contributed by atoms with E-state index in [0.717, 1.165) is 42.6 Å². The number of piperidine rings is 1. The van der Waals surface area contributed by atoms with Crippen LogP contribution in [0.1, 0.15) is 47.9 Å². The maximum Gasteiger partial charge on any atom is 0.331 e. The zero-order chi connectivity index (χ0) is 18.9. The Bertz CT molecular complexity index is 680. The molecule has 1 aliphatic carbocycles. The Hall–Kier alpha value is -1.88. The monoisotopic (exact) mass is 358 g/mol. The van der Waals surface area contributed by atoms with E-state index in [1.54, 1.807) is 0 Å². The van der Waals surface area contributed by atoms with Gasteiger partial charge < -0.3 is 15.0 Å². The molecular formula is C21H30N2O3. The van der Waals surface area contributed by atoms with E-state index in [0.29, 0.717) is 19.3 Å². The number of carbonyl (C=O) groups excluding carboxylic acids is 2. The highest BCUT2D eigenvalue weighted by Crippen LogP contribution is 2.39. The number of amides is 1. The molecule has 0 unspecified atom stereocenters. The van der Waals surface area contributed by atoms with E-state index in [4.69, 9.17) is 4.74 Å². The number of carbonyl (C=O) groups is 2. The molecule has 2 fully saturated rings. The van der Waals surface area contributed by atoms with Crippen LogP contribution in [0.5, 0.6) is 0 Å². The predicted octanol–water partition coefficient (Wildman–Crippen LogP) is 2.44. The molecule has 1 aliphatic heterocycles. The maximum atomic E-state index is 13.4. The zero-order valence-corrected chi connectivity index (χ0v) is 16.4. The Morgan fingerprint density at radius 3 is 2.23 bits per heavy atom. The molecule has 2 aliphatic rings. The average molecular weight is 358 g/mol. The Morgan fingerprint density at radius 1 is 1.15 bits per heavy atom. The summed E-state index contributed by atoms with van der Waals surface area (Å²) in [4.78, 5) is 28.0. The van der Waals surface area contributed by atoms with Crippen molar-refractivity contribution in [3.8, 4) is 0 Å². The highest BCUT2D eigenvalue weighted by Gasteiger charge is 2.52. The number of hydrogen-bond donors (Lipinski definition) is 1. The first-order valence-corrected chi connectivity index (χ1v) is 9.57. The molecule has 0 bridgehead atoms. The van der Waals surface area contributed by atoms with Crippen molar-refractivity contribution in [3.63, 3.8) is 0 Å². The summed E-state index contributed by atoms with van der Waals surface area (Å²) >= 11 is 0. The lowest BCUT2D eigenvalue weighted by Crippen LogP contribution is -2.62. The van der Waals surface area contributed by atoms with Crippen LogP contribution in [0.4, 0.5) is 0 Å². The molecule has 5 heteroatoms. The number of nitrogens with zero attached hydrogens (tertiary/aromatic N) is 1. The van der Waals surface area contributed by atoms with Crippen LogP contribution in [-0.2, 0) is 20.7 Å². The van der Waals surface area contributed by atoms with E-state index in [2.05, 4.69) is 38.2 Å². The third-order valence-electron chi connectivity index (χ3n) is 5.81. The zero-order valence-electron chi connectivity index (χ0n) is 16.4. The molecule has 0 radical (unpaired) electrons. The van der Waals surface area contributed by atoms with Crippen LogP contribution in [0.2, 0.25) is 0 Å². The lowest BCUT2D eigenvalue weighted by molar-refractivity contribution is -0.165. The van der Waals surface area contributed by atoms with E-state index >= 15 is 0 Å². The van der Waals surface area contributed by atoms with Crippen molar-refractivity contribution in [2.75, 3.05) is 20.2 Å². The number of nitrogens with one attached hydrogen (secondary N) is 1. The van der Waals surface area contributed by atoms with Gasteiger partial charge in [0.1, 0.15) is 5.54 Å². The minimum Gasteiger partial charge on any atom is -0.467 e. The molecule has 142 valence electrons. The normalized spacial score (nSPS) is 19.1. The van der Waals surface area contributed by atoms with E-state index < -0.39 is 5.54 Å². The van der Waals surface area contributed by atoms with Crippen molar-refractivity contribution < 1.29 is 14.3 Å². The fourth-order valence-electron chi connectivity index (χ4n) is 4.42. The van der Waals surface area contributed by atoms with Crippen LogP contribution < -0.4 is 5.32 Å². The van der Waals surface area contributed by atoms with Gasteiger partial charge in [-0.05, 0) is 76.2 Å². The molecule has 0 atom stereocenters. The molecule has 1 N–H and O–H groups in total. The van der Waals surface area contributed by atoms with Gasteiger partial charge in [-0.25, -0.2) is 4.79 Å². The fourth-order valence-corrected chi connectivity index (χ4v) is 4.42. The van der Waals surface area contributed by atoms with Gasteiger partial charge in [-0.2, -0.15) is 0 Å². The average Bonchev–Trinajstić information content (AvgIpc) is 3.43. The second-order valence-corrected chi connectivity index (χ2v) is 7.82. The molecule has 1 saturated heterocycles. The molecule has 3 rings (SSSR count). The molecule has 0 spiro atoms. The van der Waals surface area contributed by atoms with Gasteiger partial charge in [0.2, 0.25) is 5.91 Å². The quantitative estimate of drug-likeness (QED) is 0.822. The van der Waals surface area contributed by atoms with E-state index in [9.17, 15) is 9.59 Å². The molecular weight excluding hydrogens is 328 g/mol. The van der Waals surface area contributed by atoms with Crippen molar-refractivity contribution in [1.82, 2.24) is 10.2 Å². The van der Waals surface area contributed by atoms with E-state index in [1.165, 1.54) is 12.7 Å². The van der Waals surface area contributed by atoms with Crippen molar-refractivity contribution in [2.24, 2.45) is 0 Å². The molecule has 0 aromatic heterocycles. The number of aryl methyl sites for hydroxylation is 3. The summed E-state index contributed by atoms with van der Waals surface area (Å²) in [6.07, 6.45) is 3.54. The summed E-state index contributed by atoms with van der Waals surface area (Å²) in [5, 5.41) is 3.30. The van der Waals surface area contributed by atoms with Crippen LogP contribution >= 0.6 is 0 Å². The van der Waals surface area contributed by atoms with Gasteiger partial charge in [-0.15, -0.1) is 0 Å². The first-order valence-electron chi connectivity index (χ1n) is 9.57. The standard InChI is InChI=1S/C21H30N2O3/c1-14-11-15(2)18(16(3)12-14)13-19(24)23(17-5-6-17)21(20(25)26-4)7-9-22-10-8-21/h11-12,17,22H,5-10,13H2,1-4H3. The third-order valence-corrected chi connectivity index (χ3v) is 5.81. The smallest absolute Gasteiger partial charge is 0.331 e. The molecule has 1 aromatic rings.